The van der Waals surface area contributed by atoms with Crippen molar-refractivity contribution >= 4 is 22.5 Å². The highest BCUT2D eigenvalue weighted by atomic mass is 19.1. The number of hydrogen-bond acceptors (Lipinski definition) is 3. The monoisotopic (exact) mass is 364 g/mol. The number of rotatable bonds is 3. The number of amides is 2. The van der Waals surface area contributed by atoms with Crippen LogP contribution >= 0.6 is 0 Å². The number of benzene rings is 2. The molecule has 2 N–H and O–H groups in total. The maximum absolute atomic E-state index is 13.4. The number of carbonyl (C=O) groups is 1. The summed E-state index contributed by atoms with van der Waals surface area (Å²) in [5.41, 5.74) is 0.780. The molecule has 1 atom stereocenters. The van der Waals surface area contributed by atoms with E-state index in [1.165, 1.54) is 17.0 Å². The normalized spacial score (nSPS) is 11.6. The molecule has 1 aromatic heterocycles. The van der Waals surface area contributed by atoms with E-state index in [1.807, 2.05) is 19.1 Å². The summed E-state index contributed by atoms with van der Waals surface area (Å²) in [6, 6.07) is 12.0. The maximum atomic E-state index is 13.4. The molecule has 7 heteroatoms. The molecule has 0 saturated heterocycles. The van der Waals surface area contributed by atoms with Crippen LogP contribution in [0.4, 0.5) is 14.9 Å². The van der Waals surface area contributed by atoms with E-state index in [-0.39, 0.29) is 17.2 Å². The van der Waals surface area contributed by atoms with Crippen molar-refractivity contribution in [1.29, 1.82) is 5.26 Å². The number of aromatic amines is 1. The molecular weight excluding hydrogens is 347 g/mol. The third-order valence-electron chi connectivity index (χ3n) is 4.53. The number of hydrogen-bond donors (Lipinski definition) is 2. The molecule has 0 fully saturated rings. The third-order valence-corrected chi connectivity index (χ3v) is 4.53. The fourth-order valence-corrected chi connectivity index (χ4v) is 2.86. The van der Waals surface area contributed by atoms with Crippen LogP contribution in [-0.2, 0) is 0 Å². The molecule has 0 radical (unpaired) electrons. The molecule has 0 aliphatic heterocycles. The van der Waals surface area contributed by atoms with Crippen molar-refractivity contribution in [2.45, 2.75) is 13.0 Å². The molecule has 2 amide bonds. The summed E-state index contributed by atoms with van der Waals surface area (Å²) in [5, 5.41) is 12.9. The van der Waals surface area contributed by atoms with Crippen molar-refractivity contribution < 1.29 is 9.18 Å². The number of nitrogens with zero attached hydrogens (tertiary/aromatic N) is 2. The molecule has 27 heavy (non-hydrogen) atoms. The Morgan fingerprint density at radius 2 is 1.96 bits per heavy atom. The highest BCUT2D eigenvalue weighted by molar-refractivity contribution is 5.90. The quantitative estimate of drug-likeness (QED) is 0.741. The molecule has 0 aliphatic carbocycles. The summed E-state index contributed by atoms with van der Waals surface area (Å²) >= 11 is 0. The van der Waals surface area contributed by atoms with Gasteiger partial charge in [0.2, 0.25) is 0 Å². The summed E-state index contributed by atoms with van der Waals surface area (Å²) in [5.74, 6) is -0.642. The van der Waals surface area contributed by atoms with Crippen molar-refractivity contribution in [1.82, 2.24) is 9.88 Å². The summed E-state index contributed by atoms with van der Waals surface area (Å²) < 4.78 is 13.4. The Morgan fingerprint density at radius 3 is 2.67 bits per heavy atom. The number of nitriles is 1. The van der Waals surface area contributed by atoms with E-state index in [0.717, 1.165) is 17.0 Å². The molecule has 136 valence electrons. The van der Waals surface area contributed by atoms with E-state index in [1.54, 1.807) is 31.4 Å². The van der Waals surface area contributed by atoms with Gasteiger partial charge in [-0.15, -0.1) is 0 Å². The smallest absolute Gasteiger partial charge is 0.322 e. The van der Waals surface area contributed by atoms with Crippen molar-refractivity contribution in [3.8, 4) is 6.07 Å². The first-order valence-corrected chi connectivity index (χ1v) is 8.26. The molecule has 0 bridgehead atoms. The fourth-order valence-electron chi connectivity index (χ4n) is 2.86. The topological polar surface area (TPSA) is 89.0 Å². The molecule has 0 aliphatic rings. The lowest BCUT2D eigenvalue weighted by Gasteiger charge is -2.26. The number of nitrogens with one attached hydrogen (secondary N) is 2. The zero-order valence-electron chi connectivity index (χ0n) is 14.8. The first-order chi connectivity index (χ1) is 12.9. The Hall–Kier alpha value is -3.66. The molecular formula is C20H17FN4O2. The van der Waals surface area contributed by atoms with Crippen molar-refractivity contribution in [3.05, 3.63) is 76.0 Å². The molecule has 0 unspecified atom stereocenters. The first kappa shape index (κ1) is 18.1. The van der Waals surface area contributed by atoms with Gasteiger partial charge in [0.1, 0.15) is 11.9 Å². The van der Waals surface area contributed by atoms with E-state index >= 15 is 0 Å². The van der Waals surface area contributed by atoms with Crippen LogP contribution in [0.1, 0.15) is 24.1 Å². The second kappa shape index (κ2) is 7.30. The minimum absolute atomic E-state index is 0.143. The predicted octanol–water partition coefficient (Wildman–Crippen LogP) is 3.76. The second-order valence-electron chi connectivity index (χ2n) is 6.14. The zero-order valence-corrected chi connectivity index (χ0v) is 14.8. The van der Waals surface area contributed by atoms with Crippen LogP contribution in [0.2, 0.25) is 0 Å². The van der Waals surface area contributed by atoms with E-state index in [0.29, 0.717) is 11.1 Å². The molecule has 2 aromatic carbocycles. The van der Waals surface area contributed by atoms with Gasteiger partial charge in [-0.3, -0.25) is 4.79 Å². The van der Waals surface area contributed by atoms with Crippen LogP contribution in [0, 0.1) is 17.1 Å². The van der Waals surface area contributed by atoms with Crippen LogP contribution < -0.4 is 10.9 Å². The number of H-pyrrole nitrogens is 1. The largest absolute Gasteiger partial charge is 0.328 e. The van der Waals surface area contributed by atoms with Crippen molar-refractivity contribution in [2.24, 2.45) is 0 Å². The lowest BCUT2D eigenvalue weighted by Crippen LogP contribution is -2.34. The second-order valence-corrected chi connectivity index (χ2v) is 6.14. The van der Waals surface area contributed by atoms with Crippen molar-refractivity contribution in [2.75, 3.05) is 12.4 Å². The molecule has 6 nitrogen and oxygen atoms in total. The van der Waals surface area contributed by atoms with E-state index in [9.17, 15) is 14.0 Å². The standard InChI is InChI=1S/C20H17FN4O2/c1-12(17-11-23-19(26)16-6-4-3-5-15(16)17)25(2)20(27)24-14-7-8-18(21)13(9-14)10-22/h3-9,11-12H,1-2H3,(H,23,26)(H,24,27)/t12-/m1/s1. The summed E-state index contributed by atoms with van der Waals surface area (Å²) in [6.45, 7) is 1.84. The Bertz CT molecular complexity index is 1120. The van der Waals surface area contributed by atoms with Gasteiger partial charge in [-0.1, -0.05) is 18.2 Å². The SMILES string of the molecule is C[C@H](c1c[nH]c(=O)c2ccccc12)N(C)C(=O)Nc1ccc(F)c(C#N)c1. The number of halogens is 1. The predicted molar refractivity (Wildman–Crippen MR) is 101 cm³/mol. The van der Waals surface area contributed by atoms with Crippen molar-refractivity contribution in [3.63, 3.8) is 0 Å². The summed E-state index contributed by atoms with van der Waals surface area (Å²) in [7, 11) is 1.62. The number of fused-ring (bicyclic) bond motifs is 1. The molecule has 0 saturated carbocycles. The van der Waals surface area contributed by atoms with Crippen LogP contribution in [-0.4, -0.2) is 23.0 Å². The highest BCUT2D eigenvalue weighted by Crippen LogP contribution is 2.25. The van der Waals surface area contributed by atoms with Crippen LogP contribution in [0.15, 0.2) is 53.5 Å². The van der Waals surface area contributed by atoms with Crippen LogP contribution in [0.3, 0.4) is 0 Å². The minimum atomic E-state index is -0.642. The number of carbonyl (C=O) groups excluding carboxylic acids is 1. The molecule has 3 aromatic rings. The van der Waals surface area contributed by atoms with Gasteiger partial charge in [0.25, 0.3) is 5.56 Å². The number of anilines is 1. The Kier molecular flexibility index (Phi) is 4.90. The fraction of sp³-hybridized carbons (Fsp3) is 0.150. The molecule has 3 rings (SSSR count). The van der Waals surface area contributed by atoms with E-state index in [4.69, 9.17) is 5.26 Å². The number of urea groups is 1. The van der Waals surface area contributed by atoms with Crippen LogP contribution in [0.25, 0.3) is 10.8 Å². The van der Waals surface area contributed by atoms with Gasteiger partial charge in [0.15, 0.2) is 0 Å². The lowest BCUT2D eigenvalue weighted by atomic mass is 10.0. The third kappa shape index (κ3) is 3.51. The first-order valence-electron chi connectivity index (χ1n) is 8.26. The average Bonchev–Trinajstić information content (AvgIpc) is 2.68. The summed E-state index contributed by atoms with van der Waals surface area (Å²) in [4.78, 5) is 28.7. The van der Waals surface area contributed by atoms with Gasteiger partial charge < -0.3 is 15.2 Å². The Labute approximate surface area is 154 Å². The maximum Gasteiger partial charge on any atom is 0.322 e. The molecule has 0 spiro atoms. The van der Waals surface area contributed by atoms with Gasteiger partial charge in [0.05, 0.1) is 11.6 Å². The van der Waals surface area contributed by atoms with Gasteiger partial charge in [-0.2, -0.15) is 5.26 Å². The highest BCUT2D eigenvalue weighted by Gasteiger charge is 2.20. The van der Waals surface area contributed by atoms with Gasteiger partial charge >= 0.3 is 6.03 Å². The van der Waals surface area contributed by atoms with E-state index in [2.05, 4.69) is 10.3 Å². The number of aromatic nitrogens is 1. The minimum Gasteiger partial charge on any atom is -0.328 e. The average molecular weight is 364 g/mol. The summed E-state index contributed by atoms with van der Waals surface area (Å²) in [6.07, 6.45) is 1.60. The van der Waals surface area contributed by atoms with Crippen LogP contribution in [0.5, 0.6) is 0 Å². The van der Waals surface area contributed by atoms with Gasteiger partial charge in [-0.05, 0) is 42.1 Å². The Morgan fingerprint density at radius 1 is 1.26 bits per heavy atom. The molecule has 1 heterocycles. The van der Waals surface area contributed by atoms with E-state index < -0.39 is 11.8 Å². The zero-order chi connectivity index (χ0) is 19.6. The number of pyridine rings is 1. The lowest BCUT2D eigenvalue weighted by molar-refractivity contribution is 0.208. The van der Waals surface area contributed by atoms with Gasteiger partial charge in [0, 0.05) is 24.3 Å². The Balaban J connectivity index is 1.87. The van der Waals surface area contributed by atoms with Gasteiger partial charge in [-0.25, -0.2) is 9.18 Å².